The van der Waals surface area contributed by atoms with Crippen molar-refractivity contribution in [1.82, 2.24) is 0 Å². The molecule has 0 aromatic heterocycles. The van der Waals surface area contributed by atoms with Crippen LogP contribution in [0.3, 0.4) is 0 Å². The molecular weight excluding hydrogens is 260 g/mol. The fraction of sp³-hybridized carbons (Fsp3) is 0.467. The Labute approximate surface area is 117 Å². The van der Waals surface area contributed by atoms with Crippen LogP contribution in [0.25, 0.3) is 0 Å². The second-order valence-electron chi connectivity index (χ2n) is 4.82. The maximum absolute atomic E-state index is 12.0. The molecule has 5 nitrogen and oxygen atoms in total. The molecule has 0 unspecified atom stereocenters. The number of cyclic esters (lactones) is 1. The molecule has 5 heteroatoms. The number of hydrogen-bond acceptors (Lipinski definition) is 5. The van der Waals surface area contributed by atoms with E-state index >= 15 is 0 Å². The minimum Gasteiger partial charge on any atom is -0.497 e. The Morgan fingerprint density at radius 1 is 1.40 bits per heavy atom. The van der Waals surface area contributed by atoms with Crippen molar-refractivity contribution in [2.24, 2.45) is 5.92 Å². The van der Waals surface area contributed by atoms with E-state index in [4.69, 9.17) is 14.2 Å². The third kappa shape index (κ3) is 2.48. The van der Waals surface area contributed by atoms with Crippen molar-refractivity contribution in [2.45, 2.75) is 25.9 Å². The molecule has 1 aliphatic heterocycles. The first kappa shape index (κ1) is 14.4. The average molecular weight is 278 g/mol. The highest BCUT2D eigenvalue weighted by Crippen LogP contribution is 2.42. The van der Waals surface area contributed by atoms with Gasteiger partial charge < -0.3 is 14.2 Å². The van der Waals surface area contributed by atoms with Crippen molar-refractivity contribution in [1.29, 1.82) is 0 Å². The van der Waals surface area contributed by atoms with Gasteiger partial charge in [-0.1, -0.05) is 12.1 Å². The van der Waals surface area contributed by atoms with Crippen molar-refractivity contribution in [3.8, 4) is 5.75 Å². The van der Waals surface area contributed by atoms with Gasteiger partial charge in [0.05, 0.1) is 20.1 Å². The minimum atomic E-state index is -0.990. The number of ether oxygens (including phenoxy) is 3. The van der Waals surface area contributed by atoms with E-state index in [-0.39, 0.29) is 19.0 Å². The Kier molecular flexibility index (Phi) is 3.97. The SMILES string of the molecule is CCOC(=O)[C@@H]1CC(=O)O[C@@]1(C)c1ccc(OC)cc1. The first-order valence-corrected chi connectivity index (χ1v) is 6.54. The summed E-state index contributed by atoms with van der Waals surface area (Å²) in [7, 11) is 1.58. The number of rotatable bonds is 4. The van der Waals surface area contributed by atoms with Crippen LogP contribution in [0.2, 0.25) is 0 Å². The predicted octanol–water partition coefficient (Wildman–Crippen LogP) is 2.04. The largest absolute Gasteiger partial charge is 0.497 e. The van der Waals surface area contributed by atoms with E-state index in [9.17, 15) is 9.59 Å². The molecule has 1 fully saturated rings. The van der Waals surface area contributed by atoms with Gasteiger partial charge in [0.25, 0.3) is 0 Å². The zero-order valence-electron chi connectivity index (χ0n) is 11.8. The quantitative estimate of drug-likeness (QED) is 0.789. The molecule has 1 aromatic carbocycles. The summed E-state index contributed by atoms with van der Waals surface area (Å²) in [5.74, 6) is -0.712. The van der Waals surface area contributed by atoms with Crippen LogP contribution in [-0.2, 0) is 24.7 Å². The van der Waals surface area contributed by atoms with Crippen LogP contribution >= 0.6 is 0 Å². The van der Waals surface area contributed by atoms with Gasteiger partial charge in [-0.05, 0) is 31.5 Å². The van der Waals surface area contributed by atoms with Crippen LogP contribution in [0.4, 0.5) is 0 Å². The van der Waals surface area contributed by atoms with Crippen molar-refractivity contribution >= 4 is 11.9 Å². The number of carbonyl (C=O) groups excluding carboxylic acids is 2. The van der Waals surface area contributed by atoms with Crippen molar-refractivity contribution < 1.29 is 23.8 Å². The molecule has 108 valence electrons. The fourth-order valence-electron chi connectivity index (χ4n) is 2.44. The molecule has 0 N–H and O–H groups in total. The van der Waals surface area contributed by atoms with E-state index in [1.807, 2.05) is 0 Å². The summed E-state index contributed by atoms with van der Waals surface area (Å²) in [6.07, 6.45) is 0.0430. The molecule has 0 aliphatic carbocycles. The number of methoxy groups -OCH3 is 1. The summed E-state index contributed by atoms with van der Waals surface area (Å²) in [4.78, 5) is 23.6. The van der Waals surface area contributed by atoms with E-state index in [2.05, 4.69) is 0 Å². The normalized spacial score (nSPS) is 25.1. The first-order valence-electron chi connectivity index (χ1n) is 6.54. The van der Waals surface area contributed by atoms with E-state index in [0.29, 0.717) is 5.75 Å². The maximum Gasteiger partial charge on any atom is 0.313 e. The van der Waals surface area contributed by atoms with E-state index in [1.54, 1.807) is 45.2 Å². The van der Waals surface area contributed by atoms with Gasteiger partial charge in [0, 0.05) is 0 Å². The van der Waals surface area contributed by atoms with Crippen LogP contribution in [0.15, 0.2) is 24.3 Å². The Bertz CT molecular complexity index is 508. The van der Waals surface area contributed by atoms with Gasteiger partial charge in [-0.3, -0.25) is 9.59 Å². The number of hydrogen-bond donors (Lipinski definition) is 0. The Morgan fingerprint density at radius 2 is 2.05 bits per heavy atom. The number of carbonyl (C=O) groups is 2. The van der Waals surface area contributed by atoms with Gasteiger partial charge >= 0.3 is 11.9 Å². The van der Waals surface area contributed by atoms with Gasteiger partial charge in [-0.2, -0.15) is 0 Å². The van der Waals surface area contributed by atoms with Crippen LogP contribution in [0.5, 0.6) is 5.75 Å². The second kappa shape index (κ2) is 5.53. The monoisotopic (exact) mass is 278 g/mol. The standard InChI is InChI=1S/C15H18O5/c1-4-19-14(17)12-9-13(16)20-15(12,2)10-5-7-11(18-3)8-6-10/h5-8,12H,4,9H2,1-3H3/t12-,15-/m0/s1. The molecule has 0 spiro atoms. The van der Waals surface area contributed by atoms with Gasteiger partial charge in [0.15, 0.2) is 0 Å². The Morgan fingerprint density at radius 3 is 2.60 bits per heavy atom. The summed E-state index contributed by atoms with van der Waals surface area (Å²) in [6, 6.07) is 7.14. The molecular formula is C15H18O5. The summed E-state index contributed by atoms with van der Waals surface area (Å²) in [5.41, 5.74) is -0.238. The van der Waals surface area contributed by atoms with E-state index in [1.165, 1.54) is 0 Å². The van der Waals surface area contributed by atoms with Crippen LogP contribution in [-0.4, -0.2) is 25.7 Å². The maximum atomic E-state index is 12.0. The molecule has 1 aliphatic rings. The van der Waals surface area contributed by atoms with Gasteiger partial charge in [-0.25, -0.2) is 0 Å². The molecule has 2 rings (SSSR count). The summed E-state index contributed by atoms with van der Waals surface area (Å²) in [6.45, 7) is 3.75. The third-order valence-electron chi connectivity index (χ3n) is 3.60. The zero-order valence-corrected chi connectivity index (χ0v) is 11.8. The smallest absolute Gasteiger partial charge is 0.313 e. The molecule has 0 bridgehead atoms. The number of esters is 2. The van der Waals surface area contributed by atoms with Gasteiger partial charge in [-0.15, -0.1) is 0 Å². The fourth-order valence-corrected chi connectivity index (χ4v) is 2.44. The molecule has 20 heavy (non-hydrogen) atoms. The average Bonchev–Trinajstić information content (AvgIpc) is 2.75. The lowest BCUT2D eigenvalue weighted by Gasteiger charge is -2.28. The molecule has 1 heterocycles. The summed E-state index contributed by atoms with van der Waals surface area (Å²) in [5, 5.41) is 0. The van der Waals surface area contributed by atoms with Crippen LogP contribution in [0, 0.1) is 5.92 Å². The molecule has 0 amide bonds. The van der Waals surface area contributed by atoms with Crippen LogP contribution < -0.4 is 4.74 Å². The van der Waals surface area contributed by atoms with Crippen LogP contribution in [0.1, 0.15) is 25.8 Å². The second-order valence-corrected chi connectivity index (χ2v) is 4.82. The predicted molar refractivity (Wildman–Crippen MR) is 71.2 cm³/mol. The molecule has 1 aromatic rings. The zero-order chi connectivity index (χ0) is 14.8. The van der Waals surface area contributed by atoms with Crippen molar-refractivity contribution in [3.05, 3.63) is 29.8 Å². The Hall–Kier alpha value is -2.04. The lowest BCUT2D eigenvalue weighted by molar-refractivity contribution is -0.157. The highest BCUT2D eigenvalue weighted by atomic mass is 16.6. The highest BCUT2D eigenvalue weighted by Gasteiger charge is 2.51. The van der Waals surface area contributed by atoms with Crippen molar-refractivity contribution in [3.63, 3.8) is 0 Å². The highest BCUT2D eigenvalue weighted by molar-refractivity contribution is 5.85. The minimum absolute atomic E-state index is 0.0430. The van der Waals surface area contributed by atoms with Gasteiger partial charge in [0.1, 0.15) is 17.3 Å². The number of benzene rings is 1. The van der Waals surface area contributed by atoms with E-state index in [0.717, 1.165) is 5.56 Å². The lowest BCUT2D eigenvalue weighted by Crippen LogP contribution is -2.35. The van der Waals surface area contributed by atoms with Crippen molar-refractivity contribution in [2.75, 3.05) is 13.7 Å². The van der Waals surface area contributed by atoms with Gasteiger partial charge in [0.2, 0.25) is 0 Å². The molecule has 0 radical (unpaired) electrons. The first-order chi connectivity index (χ1) is 9.51. The van der Waals surface area contributed by atoms with E-state index < -0.39 is 17.5 Å². The summed E-state index contributed by atoms with van der Waals surface area (Å²) < 4.78 is 15.5. The lowest BCUT2D eigenvalue weighted by atomic mass is 9.83. The third-order valence-corrected chi connectivity index (χ3v) is 3.60. The molecule has 0 saturated carbocycles. The topological polar surface area (TPSA) is 61.8 Å². The molecule has 2 atom stereocenters. The molecule has 1 saturated heterocycles. The Balaban J connectivity index is 2.33. The summed E-state index contributed by atoms with van der Waals surface area (Å²) >= 11 is 0.